The third-order valence-corrected chi connectivity index (χ3v) is 2.87. The molecule has 1 aliphatic heterocycles. The molecular formula is C13H9N3O4. The van der Waals surface area contributed by atoms with Crippen LogP contribution in [-0.4, -0.2) is 22.9 Å². The summed E-state index contributed by atoms with van der Waals surface area (Å²) < 4.78 is 4.81. The number of nitrogens with one attached hydrogen (secondary N) is 2. The molecule has 2 N–H and O–H groups in total. The molecule has 0 saturated heterocycles. The van der Waals surface area contributed by atoms with E-state index in [0.29, 0.717) is 5.76 Å². The molecule has 1 aromatic carbocycles. The lowest BCUT2D eigenvalue weighted by Crippen LogP contribution is -2.21. The van der Waals surface area contributed by atoms with E-state index in [0.717, 1.165) is 0 Å². The van der Waals surface area contributed by atoms with Crippen LogP contribution in [-0.2, 0) is 0 Å². The van der Waals surface area contributed by atoms with E-state index in [1.807, 2.05) is 0 Å². The third-order valence-electron chi connectivity index (χ3n) is 2.87. The quantitative estimate of drug-likeness (QED) is 0.797. The first-order valence-electron chi connectivity index (χ1n) is 5.79. The Morgan fingerprint density at radius 3 is 2.80 bits per heavy atom. The minimum atomic E-state index is -0.530. The Balaban J connectivity index is 1.95. The molecule has 20 heavy (non-hydrogen) atoms. The number of rotatable bonds is 2. The fraction of sp³-hybridized carbons (Fsp3) is 0.0769. The second-order valence-corrected chi connectivity index (χ2v) is 4.29. The lowest BCUT2D eigenvalue weighted by molar-refractivity contribution is 0.0879. The number of aryl methyl sites for hydroxylation is 1. The second-order valence-electron chi connectivity index (χ2n) is 4.29. The van der Waals surface area contributed by atoms with E-state index in [2.05, 4.69) is 15.8 Å². The summed E-state index contributed by atoms with van der Waals surface area (Å²) >= 11 is 0. The van der Waals surface area contributed by atoms with Crippen molar-refractivity contribution in [2.24, 2.45) is 0 Å². The fourth-order valence-electron chi connectivity index (χ4n) is 1.98. The summed E-state index contributed by atoms with van der Waals surface area (Å²) in [7, 11) is 0. The van der Waals surface area contributed by atoms with Gasteiger partial charge in [-0.05, 0) is 19.1 Å². The SMILES string of the molecule is Cc1cc(C(=O)Nc2cccc3c2C(=O)NC3=O)no1. The Labute approximate surface area is 112 Å². The van der Waals surface area contributed by atoms with E-state index in [1.165, 1.54) is 12.1 Å². The molecule has 0 aliphatic carbocycles. The van der Waals surface area contributed by atoms with Gasteiger partial charge in [-0.3, -0.25) is 19.7 Å². The molecule has 1 aromatic heterocycles. The number of carbonyl (C=O) groups is 3. The maximum Gasteiger partial charge on any atom is 0.277 e. The van der Waals surface area contributed by atoms with Crippen molar-refractivity contribution in [1.29, 1.82) is 0 Å². The lowest BCUT2D eigenvalue weighted by Gasteiger charge is -2.06. The highest BCUT2D eigenvalue weighted by Gasteiger charge is 2.30. The number of hydrogen-bond acceptors (Lipinski definition) is 5. The number of benzene rings is 1. The molecule has 2 aromatic rings. The van der Waals surface area contributed by atoms with Gasteiger partial charge >= 0.3 is 0 Å². The predicted octanol–water partition coefficient (Wildman–Crippen LogP) is 1.12. The van der Waals surface area contributed by atoms with Crippen LogP contribution in [0.4, 0.5) is 5.69 Å². The second kappa shape index (κ2) is 4.30. The van der Waals surface area contributed by atoms with Crippen LogP contribution in [0.2, 0.25) is 0 Å². The molecule has 3 rings (SSSR count). The molecule has 3 amide bonds. The van der Waals surface area contributed by atoms with Crippen LogP contribution in [0, 0.1) is 6.92 Å². The van der Waals surface area contributed by atoms with Crippen LogP contribution < -0.4 is 10.6 Å². The van der Waals surface area contributed by atoms with Crippen LogP contribution in [0.3, 0.4) is 0 Å². The van der Waals surface area contributed by atoms with Gasteiger partial charge in [-0.25, -0.2) is 0 Å². The van der Waals surface area contributed by atoms with Crippen molar-refractivity contribution in [2.75, 3.05) is 5.32 Å². The van der Waals surface area contributed by atoms with Crippen LogP contribution in [0.15, 0.2) is 28.8 Å². The van der Waals surface area contributed by atoms with Gasteiger partial charge in [0.2, 0.25) is 0 Å². The van der Waals surface area contributed by atoms with Crippen LogP contribution >= 0.6 is 0 Å². The number of anilines is 1. The van der Waals surface area contributed by atoms with Crippen molar-refractivity contribution < 1.29 is 18.9 Å². The van der Waals surface area contributed by atoms with E-state index in [4.69, 9.17) is 4.52 Å². The predicted molar refractivity (Wildman–Crippen MR) is 67.4 cm³/mol. The van der Waals surface area contributed by atoms with Crippen molar-refractivity contribution >= 4 is 23.4 Å². The van der Waals surface area contributed by atoms with E-state index < -0.39 is 17.7 Å². The first-order chi connectivity index (χ1) is 9.56. The summed E-state index contributed by atoms with van der Waals surface area (Å²) in [4.78, 5) is 35.2. The summed E-state index contributed by atoms with van der Waals surface area (Å²) in [6.07, 6.45) is 0. The summed E-state index contributed by atoms with van der Waals surface area (Å²) in [5, 5.41) is 8.31. The van der Waals surface area contributed by atoms with Gasteiger partial charge in [0.05, 0.1) is 16.8 Å². The van der Waals surface area contributed by atoms with Gasteiger partial charge in [-0.15, -0.1) is 0 Å². The number of carbonyl (C=O) groups excluding carboxylic acids is 3. The molecule has 0 bridgehead atoms. The van der Waals surface area contributed by atoms with E-state index in [1.54, 1.807) is 19.1 Å². The Morgan fingerprint density at radius 1 is 1.30 bits per heavy atom. The maximum absolute atomic E-state index is 12.0. The first kappa shape index (κ1) is 12.1. The molecule has 0 atom stereocenters. The van der Waals surface area contributed by atoms with Crippen LogP contribution in [0.1, 0.15) is 37.0 Å². The van der Waals surface area contributed by atoms with Gasteiger partial charge in [0, 0.05) is 6.07 Å². The molecule has 2 heterocycles. The Morgan fingerprint density at radius 2 is 2.10 bits per heavy atom. The fourth-order valence-corrected chi connectivity index (χ4v) is 1.98. The zero-order chi connectivity index (χ0) is 14.3. The lowest BCUT2D eigenvalue weighted by atomic mass is 10.1. The largest absolute Gasteiger partial charge is 0.361 e. The van der Waals surface area contributed by atoms with Gasteiger partial charge in [0.15, 0.2) is 5.69 Å². The maximum atomic E-state index is 12.0. The van der Waals surface area contributed by atoms with Crippen molar-refractivity contribution in [2.45, 2.75) is 6.92 Å². The highest BCUT2D eigenvalue weighted by molar-refractivity contribution is 6.24. The van der Waals surface area contributed by atoms with Crippen molar-refractivity contribution in [1.82, 2.24) is 10.5 Å². The number of fused-ring (bicyclic) bond motifs is 1. The Bertz CT molecular complexity index is 748. The Kier molecular flexibility index (Phi) is 2.60. The summed E-state index contributed by atoms with van der Waals surface area (Å²) in [5.41, 5.74) is 0.761. The van der Waals surface area contributed by atoms with Gasteiger partial charge in [0.25, 0.3) is 17.7 Å². The normalized spacial score (nSPS) is 13.1. The monoisotopic (exact) mass is 271 g/mol. The van der Waals surface area contributed by atoms with Crippen LogP contribution in [0.25, 0.3) is 0 Å². The smallest absolute Gasteiger partial charge is 0.277 e. The summed E-state index contributed by atoms with van der Waals surface area (Å²) in [5.74, 6) is -1.01. The van der Waals surface area contributed by atoms with Crippen molar-refractivity contribution in [3.8, 4) is 0 Å². The van der Waals surface area contributed by atoms with Crippen LogP contribution in [0.5, 0.6) is 0 Å². The van der Waals surface area contributed by atoms with Gasteiger partial charge in [-0.2, -0.15) is 0 Å². The topological polar surface area (TPSA) is 101 Å². The zero-order valence-electron chi connectivity index (χ0n) is 10.4. The minimum Gasteiger partial charge on any atom is -0.361 e. The van der Waals surface area contributed by atoms with E-state index in [9.17, 15) is 14.4 Å². The number of hydrogen-bond donors (Lipinski definition) is 2. The van der Waals surface area contributed by atoms with E-state index in [-0.39, 0.29) is 22.5 Å². The molecule has 7 heteroatoms. The number of aromatic nitrogens is 1. The third kappa shape index (κ3) is 1.85. The number of amides is 3. The average molecular weight is 271 g/mol. The molecule has 1 aliphatic rings. The van der Waals surface area contributed by atoms with Gasteiger partial charge in [0.1, 0.15) is 5.76 Å². The Hall–Kier alpha value is -2.96. The summed E-state index contributed by atoms with van der Waals surface area (Å²) in [6.45, 7) is 1.66. The van der Waals surface area contributed by atoms with Crippen molar-refractivity contribution in [3.05, 3.63) is 46.8 Å². The number of imide groups is 1. The highest BCUT2D eigenvalue weighted by Crippen LogP contribution is 2.24. The molecular weight excluding hydrogens is 262 g/mol. The van der Waals surface area contributed by atoms with Crippen molar-refractivity contribution in [3.63, 3.8) is 0 Å². The molecule has 0 radical (unpaired) electrons. The zero-order valence-corrected chi connectivity index (χ0v) is 10.4. The first-order valence-corrected chi connectivity index (χ1v) is 5.79. The molecule has 100 valence electrons. The molecule has 0 unspecified atom stereocenters. The van der Waals surface area contributed by atoms with E-state index >= 15 is 0 Å². The molecule has 0 fully saturated rings. The molecule has 0 spiro atoms. The standard InChI is InChI=1S/C13H9N3O4/c1-6-5-9(16-20-6)12(18)14-8-4-2-3-7-10(8)13(19)15-11(7)17/h2-5H,1H3,(H,14,18)(H,15,17,19). The van der Waals surface area contributed by atoms with Gasteiger partial charge in [-0.1, -0.05) is 11.2 Å². The summed E-state index contributed by atoms with van der Waals surface area (Å²) in [6, 6.07) is 6.12. The highest BCUT2D eigenvalue weighted by atomic mass is 16.5. The average Bonchev–Trinajstić information content (AvgIpc) is 2.96. The molecule has 7 nitrogen and oxygen atoms in total. The minimum absolute atomic E-state index is 0.102. The van der Waals surface area contributed by atoms with Gasteiger partial charge < -0.3 is 9.84 Å². The number of nitrogens with zero attached hydrogens (tertiary/aromatic N) is 1. The molecule has 0 saturated carbocycles.